The lowest BCUT2D eigenvalue weighted by atomic mass is 10.0. The SMILES string of the molecule is NC(=O)c1cnn2c1NCCC2c1ccc(F)c(F)c1. The maximum absolute atomic E-state index is 13.3. The number of benzene rings is 1. The van der Waals surface area contributed by atoms with Gasteiger partial charge in [-0.15, -0.1) is 0 Å². The normalized spacial score (nSPS) is 17.4. The van der Waals surface area contributed by atoms with Crippen LogP contribution in [0, 0.1) is 11.6 Å². The van der Waals surface area contributed by atoms with E-state index in [0.717, 1.165) is 12.1 Å². The molecule has 0 saturated carbocycles. The van der Waals surface area contributed by atoms with E-state index in [-0.39, 0.29) is 11.6 Å². The number of nitrogens with two attached hydrogens (primary N) is 1. The van der Waals surface area contributed by atoms with Crippen LogP contribution in [0.15, 0.2) is 24.4 Å². The Balaban J connectivity index is 2.05. The summed E-state index contributed by atoms with van der Waals surface area (Å²) in [4.78, 5) is 11.3. The van der Waals surface area contributed by atoms with E-state index in [1.807, 2.05) is 0 Å². The van der Waals surface area contributed by atoms with E-state index in [2.05, 4.69) is 10.4 Å². The van der Waals surface area contributed by atoms with Gasteiger partial charge in [-0.3, -0.25) is 4.79 Å². The second-order valence-electron chi connectivity index (χ2n) is 4.62. The molecule has 0 bridgehead atoms. The van der Waals surface area contributed by atoms with E-state index < -0.39 is 17.5 Å². The third kappa shape index (κ3) is 1.91. The summed E-state index contributed by atoms with van der Waals surface area (Å²) < 4.78 is 27.9. The van der Waals surface area contributed by atoms with Crippen LogP contribution in [0.2, 0.25) is 0 Å². The van der Waals surface area contributed by atoms with Crippen molar-refractivity contribution < 1.29 is 13.6 Å². The zero-order chi connectivity index (χ0) is 14.3. The van der Waals surface area contributed by atoms with Gasteiger partial charge in [0.05, 0.1) is 12.2 Å². The highest BCUT2D eigenvalue weighted by Crippen LogP contribution is 2.31. The summed E-state index contributed by atoms with van der Waals surface area (Å²) >= 11 is 0. The minimum atomic E-state index is -0.898. The maximum atomic E-state index is 13.3. The van der Waals surface area contributed by atoms with E-state index in [1.54, 1.807) is 4.68 Å². The summed E-state index contributed by atoms with van der Waals surface area (Å²) in [7, 11) is 0. The van der Waals surface area contributed by atoms with Crippen LogP contribution in [0.3, 0.4) is 0 Å². The van der Waals surface area contributed by atoms with Gasteiger partial charge in [0.2, 0.25) is 0 Å². The Hall–Kier alpha value is -2.44. The smallest absolute Gasteiger partial charge is 0.254 e. The van der Waals surface area contributed by atoms with E-state index in [0.29, 0.717) is 24.3 Å². The molecule has 7 heteroatoms. The Morgan fingerprint density at radius 2 is 2.20 bits per heavy atom. The second kappa shape index (κ2) is 4.59. The number of amides is 1. The molecule has 104 valence electrons. The fourth-order valence-corrected chi connectivity index (χ4v) is 2.43. The third-order valence-electron chi connectivity index (χ3n) is 3.39. The lowest BCUT2D eigenvalue weighted by molar-refractivity contribution is 0.100. The van der Waals surface area contributed by atoms with E-state index in [9.17, 15) is 13.6 Å². The van der Waals surface area contributed by atoms with Gasteiger partial charge in [0.25, 0.3) is 5.91 Å². The predicted octanol–water partition coefficient (Wildman–Crippen LogP) is 1.67. The standard InChI is InChI=1S/C13H12F2N4O/c14-9-2-1-7(5-10(9)15)11-3-4-17-13-8(12(16)20)6-18-19(11)13/h1-2,5-6,11,17H,3-4H2,(H2,16,20). The molecule has 5 nitrogen and oxygen atoms in total. The van der Waals surface area contributed by atoms with Crippen molar-refractivity contribution in [1.29, 1.82) is 0 Å². The summed E-state index contributed by atoms with van der Waals surface area (Å²) in [5.41, 5.74) is 6.16. The van der Waals surface area contributed by atoms with Crippen LogP contribution in [0.4, 0.5) is 14.6 Å². The molecule has 0 saturated heterocycles. The Morgan fingerprint density at radius 1 is 1.40 bits per heavy atom. The van der Waals surface area contributed by atoms with Crippen LogP contribution in [-0.2, 0) is 0 Å². The van der Waals surface area contributed by atoms with Crippen LogP contribution in [0.1, 0.15) is 28.4 Å². The molecule has 0 fully saturated rings. The molecule has 1 unspecified atom stereocenters. The Morgan fingerprint density at radius 3 is 2.90 bits per heavy atom. The third-order valence-corrected chi connectivity index (χ3v) is 3.39. The van der Waals surface area contributed by atoms with Crippen molar-refractivity contribution in [2.24, 2.45) is 5.73 Å². The number of halogens is 2. The van der Waals surface area contributed by atoms with Crippen molar-refractivity contribution in [3.63, 3.8) is 0 Å². The molecule has 1 aliphatic rings. The van der Waals surface area contributed by atoms with Crippen molar-refractivity contribution >= 4 is 11.7 Å². The highest BCUT2D eigenvalue weighted by molar-refractivity contribution is 5.97. The molecule has 20 heavy (non-hydrogen) atoms. The van der Waals surface area contributed by atoms with Gasteiger partial charge in [-0.1, -0.05) is 6.07 Å². The molecule has 1 aliphatic heterocycles. The number of carbonyl (C=O) groups is 1. The van der Waals surface area contributed by atoms with Crippen molar-refractivity contribution in [3.8, 4) is 0 Å². The minimum Gasteiger partial charge on any atom is -0.369 e. The van der Waals surface area contributed by atoms with Crippen LogP contribution in [0.5, 0.6) is 0 Å². The zero-order valence-corrected chi connectivity index (χ0v) is 10.4. The van der Waals surface area contributed by atoms with Gasteiger partial charge < -0.3 is 11.1 Å². The van der Waals surface area contributed by atoms with Crippen LogP contribution >= 0.6 is 0 Å². The second-order valence-corrected chi connectivity index (χ2v) is 4.62. The molecule has 0 aliphatic carbocycles. The lowest BCUT2D eigenvalue weighted by Crippen LogP contribution is -2.26. The maximum Gasteiger partial charge on any atom is 0.254 e. The molecule has 1 atom stereocenters. The molecule has 1 aromatic heterocycles. The van der Waals surface area contributed by atoms with Crippen molar-refractivity contribution in [1.82, 2.24) is 9.78 Å². The van der Waals surface area contributed by atoms with Gasteiger partial charge in [-0.2, -0.15) is 5.10 Å². The average Bonchev–Trinajstić information content (AvgIpc) is 2.86. The largest absolute Gasteiger partial charge is 0.369 e. The fourth-order valence-electron chi connectivity index (χ4n) is 2.43. The van der Waals surface area contributed by atoms with Crippen molar-refractivity contribution in [3.05, 3.63) is 47.2 Å². The van der Waals surface area contributed by atoms with E-state index in [1.165, 1.54) is 12.3 Å². The number of anilines is 1. The summed E-state index contributed by atoms with van der Waals surface area (Å²) in [6.45, 7) is 0.593. The molecule has 1 amide bonds. The van der Waals surface area contributed by atoms with Crippen LogP contribution in [-0.4, -0.2) is 22.2 Å². The molecular weight excluding hydrogens is 266 g/mol. The molecule has 3 N–H and O–H groups in total. The summed E-state index contributed by atoms with van der Waals surface area (Å²) in [5.74, 6) is -1.85. The van der Waals surface area contributed by atoms with Crippen LogP contribution in [0.25, 0.3) is 0 Å². The highest BCUT2D eigenvalue weighted by Gasteiger charge is 2.26. The first-order chi connectivity index (χ1) is 9.58. The Kier molecular flexibility index (Phi) is 2.89. The van der Waals surface area contributed by atoms with Crippen molar-refractivity contribution in [2.45, 2.75) is 12.5 Å². The molecular formula is C13H12F2N4O. The van der Waals surface area contributed by atoms with Gasteiger partial charge in [0.15, 0.2) is 11.6 Å². The highest BCUT2D eigenvalue weighted by atomic mass is 19.2. The molecule has 0 radical (unpaired) electrons. The predicted molar refractivity (Wildman–Crippen MR) is 68.3 cm³/mol. The summed E-state index contributed by atoms with van der Waals surface area (Å²) in [6.07, 6.45) is 2.03. The molecule has 2 aromatic rings. The van der Waals surface area contributed by atoms with Crippen molar-refractivity contribution in [2.75, 3.05) is 11.9 Å². The van der Waals surface area contributed by atoms with E-state index >= 15 is 0 Å². The number of hydrogen-bond acceptors (Lipinski definition) is 3. The Bertz CT molecular complexity index is 683. The quantitative estimate of drug-likeness (QED) is 0.877. The topological polar surface area (TPSA) is 72.9 Å². The first-order valence-electron chi connectivity index (χ1n) is 6.14. The Labute approximate surface area is 113 Å². The number of carbonyl (C=O) groups excluding carboxylic acids is 1. The first kappa shape index (κ1) is 12.6. The molecule has 0 spiro atoms. The first-order valence-corrected chi connectivity index (χ1v) is 6.14. The van der Waals surface area contributed by atoms with Gasteiger partial charge in [0, 0.05) is 6.54 Å². The average molecular weight is 278 g/mol. The van der Waals surface area contributed by atoms with Gasteiger partial charge in [0.1, 0.15) is 11.4 Å². The van der Waals surface area contributed by atoms with Gasteiger partial charge in [-0.05, 0) is 24.1 Å². The van der Waals surface area contributed by atoms with Crippen LogP contribution < -0.4 is 11.1 Å². The molecule has 3 rings (SSSR count). The number of nitrogens with one attached hydrogen (secondary N) is 1. The summed E-state index contributed by atoms with van der Waals surface area (Å²) in [5, 5.41) is 7.18. The minimum absolute atomic E-state index is 0.255. The lowest BCUT2D eigenvalue weighted by Gasteiger charge is -2.26. The number of aromatic nitrogens is 2. The number of rotatable bonds is 2. The van der Waals surface area contributed by atoms with Gasteiger partial charge >= 0.3 is 0 Å². The monoisotopic (exact) mass is 278 g/mol. The number of hydrogen-bond donors (Lipinski definition) is 2. The fraction of sp³-hybridized carbons (Fsp3) is 0.231. The number of fused-ring (bicyclic) bond motifs is 1. The van der Waals surface area contributed by atoms with E-state index in [4.69, 9.17) is 5.73 Å². The zero-order valence-electron chi connectivity index (χ0n) is 10.4. The number of primary amides is 1. The number of nitrogens with zero attached hydrogens (tertiary/aromatic N) is 2. The molecule has 2 heterocycles. The molecule has 1 aromatic carbocycles. The summed E-state index contributed by atoms with van der Waals surface area (Å²) in [6, 6.07) is 3.50. The van der Waals surface area contributed by atoms with Gasteiger partial charge in [-0.25, -0.2) is 13.5 Å².